The lowest BCUT2D eigenvalue weighted by Gasteiger charge is -2.19. The summed E-state index contributed by atoms with van der Waals surface area (Å²) in [6.45, 7) is 1.82. The van der Waals surface area contributed by atoms with E-state index in [1.165, 1.54) is 6.07 Å². The van der Waals surface area contributed by atoms with Crippen molar-refractivity contribution in [2.45, 2.75) is 23.6 Å². The average Bonchev–Trinajstić information content (AvgIpc) is 3.20. The van der Waals surface area contributed by atoms with E-state index in [4.69, 9.17) is 11.6 Å². The van der Waals surface area contributed by atoms with Gasteiger partial charge in [0.15, 0.2) is 0 Å². The van der Waals surface area contributed by atoms with Crippen molar-refractivity contribution in [3.8, 4) is 0 Å². The lowest BCUT2D eigenvalue weighted by Crippen LogP contribution is -2.45. The van der Waals surface area contributed by atoms with Crippen molar-refractivity contribution in [3.63, 3.8) is 0 Å². The van der Waals surface area contributed by atoms with Gasteiger partial charge in [-0.1, -0.05) is 48.0 Å². The number of amides is 1. The average molecular weight is 435 g/mol. The number of rotatable bonds is 7. The molecule has 0 aliphatic carbocycles. The number of thiophene rings is 1. The zero-order valence-corrected chi connectivity index (χ0v) is 17.4. The summed E-state index contributed by atoms with van der Waals surface area (Å²) < 4.78 is 28.0. The van der Waals surface area contributed by atoms with Gasteiger partial charge < -0.3 is 5.32 Å². The van der Waals surface area contributed by atoms with Gasteiger partial charge in [-0.05, 0) is 54.1 Å². The second kappa shape index (κ2) is 8.87. The molecule has 3 aromatic rings. The van der Waals surface area contributed by atoms with Gasteiger partial charge >= 0.3 is 0 Å². The molecule has 0 saturated heterocycles. The third-order valence-electron chi connectivity index (χ3n) is 4.10. The Morgan fingerprint density at radius 2 is 1.86 bits per heavy atom. The summed E-state index contributed by atoms with van der Waals surface area (Å²) in [5, 5.41) is 5.05. The summed E-state index contributed by atoms with van der Waals surface area (Å²) in [4.78, 5) is 12.9. The standard InChI is InChI=1S/C20H19ClN2O3S2/c1-14-12-16(21)9-10-17(14)22-20(24)18(13-15-6-3-2-4-7-15)23-28(25,26)19-8-5-11-27-19/h2-12,18,23H,13H2,1H3,(H,22,24)/t18-/m1/s1. The summed E-state index contributed by atoms with van der Waals surface area (Å²) in [5.74, 6) is -0.436. The second-order valence-electron chi connectivity index (χ2n) is 6.24. The number of hydrogen-bond acceptors (Lipinski definition) is 4. The molecule has 0 radical (unpaired) electrons. The first-order valence-corrected chi connectivity index (χ1v) is 11.3. The molecule has 0 aliphatic rings. The SMILES string of the molecule is Cc1cc(Cl)ccc1NC(=O)[C@@H](Cc1ccccc1)NS(=O)(=O)c1cccs1. The first kappa shape index (κ1) is 20.5. The van der Waals surface area contributed by atoms with E-state index in [0.717, 1.165) is 22.5 Å². The molecule has 1 atom stereocenters. The number of nitrogens with one attached hydrogen (secondary N) is 2. The van der Waals surface area contributed by atoms with Crippen molar-refractivity contribution in [3.05, 3.63) is 82.2 Å². The van der Waals surface area contributed by atoms with Crippen LogP contribution in [0, 0.1) is 6.92 Å². The molecule has 2 aromatic carbocycles. The monoisotopic (exact) mass is 434 g/mol. The molecule has 0 aliphatic heterocycles. The molecular weight excluding hydrogens is 416 g/mol. The predicted octanol–water partition coefficient (Wildman–Crippen LogP) is 4.24. The molecule has 8 heteroatoms. The predicted molar refractivity (Wildman–Crippen MR) is 113 cm³/mol. The largest absolute Gasteiger partial charge is 0.324 e. The number of carbonyl (C=O) groups excluding carboxylic acids is 1. The van der Waals surface area contributed by atoms with E-state index in [9.17, 15) is 13.2 Å². The molecule has 5 nitrogen and oxygen atoms in total. The van der Waals surface area contributed by atoms with E-state index in [1.807, 2.05) is 37.3 Å². The van der Waals surface area contributed by atoms with E-state index < -0.39 is 22.0 Å². The van der Waals surface area contributed by atoms with Crippen LogP contribution in [-0.4, -0.2) is 20.4 Å². The van der Waals surface area contributed by atoms with Crippen LogP contribution in [0.3, 0.4) is 0 Å². The van der Waals surface area contributed by atoms with Crippen LogP contribution in [0.25, 0.3) is 0 Å². The highest BCUT2D eigenvalue weighted by Crippen LogP contribution is 2.21. The number of benzene rings is 2. The molecule has 0 fully saturated rings. The van der Waals surface area contributed by atoms with Crippen molar-refractivity contribution in [2.75, 3.05) is 5.32 Å². The van der Waals surface area contributed by atoms with Crippen molar-refractivity contribution in [2.24, 2.45) is 0 Å². The summed E-state index contributed by atoms with van der Waals surface area (Å²) in [6.07, 6.45) is 0.226. The van der Waals surface area contributed by atoms with Crippen LogP contribution in [-0.2, 0) is 21.2 Å². The number of carbonyl (C=O) groups is 1. The minimum Gasteiger partial charge on any atom is -0.324 e. The Labute approximate surface area is 173 Å². The Kier molecular flexibility index (Phi) is 6.51. The maximum atomic E-state index is 12.9. The molecule has 2 N–H and O–H groups in total. The number of sulfonamides is 1. The number of aryl methyl sites for hydroxylation is 1. The molecule has 0 saturated carbocycles. The van der Waals surface area contributed by atoms with Crippen LogP contribution in [0.1, 0.15) is 11.1 Å². The lowest BCUT2D eigenvalue weighted by atomic mass is 10.1. The summed E-state index contributed by atoms with van der Waals surface area (Å²) in [5.41, 5.74) is 2.23. The third-order valence-corrected chi connectivity index (χ3v) is 7.21. The highest BCUT2D eigenvalue weighted by molar-refractivity contribution is 7.91. The Bertz CT molecular complexity index is 1050. The Morgan fingerprint density at radius 1 is 1.11 bits per heavy atom. The van der Waals surface area contributed by atoms with Crippen LogP contribution in [0.15, 0.2) is 70.3 Å². The molecule has 0 bridgehead atoms. The van der Waals surface area contributed by atoms with Gasteiger partial charge in [0, 0.05) is 10.7 Å². The maximum Gasteiger partial charge on any atom is 0.250 e. The van der Waals surface area contributed by atoms with E-state index >= 15 is 0 Å². The van der Waals surface area contributed by atoms with Crippen LogP contribution >= 0.6 is 22.9 Å². The molecule has 1 amide bonds. The van der Waals surface area contributed by atoms with Crippen molar-refractivity contribution < 1.29 is 13.2 Å². The van der Waals surface area contributed by atoms with Crippen molar-refractivity contribution in [1.82, 2.24) is 4.72 Å². The lowest BCUT2D eigenvalue weighted by molar-refractivity contribution is -0.117. The molecule has 28 heavy (non-hydrogen) atoms. The number of halogens is 1. The number of hydrogen-bond donors (Lipinski definition) is 2. The normalized spacial score (nSPS) is 12.5. The van der Waals surface area contributed by atoms with Crippen molar-refractivity contribution >= 4 is 44.6 Å². The van der Waals surface area contributed by atoms with Gasteiger partial charge in [-0.3, -0.25) is 4.79 Å². The highest BCUT2D eigenvalue weighted by atomic mass is 35.5. The summed E-state index contributed by atoms with van der Waals surface area (Å²) in [7, 11) is -3.80. The van der Waals surface area contributed by atoms with E-state index in [-0.39, 0.29) is 10.6 Å². The van der Waals surface area contributed by atoms with Gasteiger partial charge in [0.2, 0.25) is 5.91 Å². The topological polar surface area (TPSA) is 75.3 Å². The maximum absolute atomic E-state index is 12.9. The zero-order valence-electron chi connectivity index (χ0n) is 15.1. The minimum absolute atomic E-state index is 0.168. The van der Waals surface area contributed by atoms with Gasteiger partial charge in [0.25, 0.3) is 10.0 Å². The Hall–Kier alpha value is -2.19. The first-order valence-electron chi connectivity index (χ1n) is 8.52. The van der Waals surface area contributed by atoms with Crippen LogP contribution < -0.4 is 10.0 Å². The van der Waals surface area contributed by atoms with Crippen molar-refractivity contribution in [1.29, 1.82) is 0 Å². The Morgan fingerprint density at radius 3 is 2.50 bits per heavy atom. The Balaban J connectivity index is 1.85. The van der Waals surface area contributed by atoms with Crippen LogP contribution in [0.5, 0.6) is 0 Å². The highest BCUT2D eigenvalue weighted by Gasteiger charge is 2.27. The molecule has 3 rings (SSSR count). The summed E-state index contributed by atoms with van der Waals surface area (Å²) >= 11 is 7.07. The van der Waals surface area contributed by atoms with Crippen LogP contribution in [0.4, 0.5) is 5.69 Å². The third kappa shape index (κ3) is 5.20. The summed E-state index contributed by atoms with van der Waals surface area (Å²) in [6, 6.07) is 16.6. The molecular formula is C20H19ClN2O3S2. The van der Waals surface area contributed by atoms with E-state index in [0.29, 0.717) is 10.7 Å². The molecule has 1 aromatic heterocycles. The van der Waals surface area contributed by atoms with Gasteiger partial charge in [0.05, 0.1) is 0 Å². The molecule has 146 valence electrons. The fourth-order valence-electron chi connectivity index (χ4n) is 2.69. The number of anilines is 1. The van der Waals surface area contributed by atoms with Gasteiger partial charge in [-0.2, -0.15) is 4.72 Å². The quantitative estimate of drug-likeness (QED) is 0.584. The van der Waals surface area contributed by atoms with Gasteiger partial charge in [-0.15, -0.1) is 11.3 Å². The molecule has 0 spiro atoms. The fraction of sp³-hybridized carbons (Fsp3) is 0.150. The zero-order chi connectivity index (χ0) is 20.1. The van der Waals surface area contributed by atoms with Gasteiger partial charge in [-0.25, -0.2) is 8.42 Å². The molecule has 1 heterocycles. The molecule has 0 unspecified atom stereocenters. The van der Waals surface area contributed by atoms with E-state index in [2.05, 4.69) is 10.0 Å². The smallest absolute Gasteiger partial charge is 0.250 e. The van der Waals surface area contributed by atoms with Gasteiger partial charge in [0.1, 0.15) is 10.3 Å². The second-order valence-corrected chi connectivity index (χ2v) is 9.57. The first-order chi connectivity index (χ1) is 13.3. The van der Waals surface area contributed by atoms with Crippen LogP contribution in [0.2, 0.25) is 5.02 Å². The van der Waals surface area contributed by atoms with E-state index in [1.54, 1.807) is 29.6 Å². The fourth-order valence-corrected chi connectivity index (χ4v) is 5.12. The minimum atomic E-state index is -3.80.